The molecular weight excluding hydrogens is 307 g/mol. The fourth-order valence-electron chi connectivity index (χ4n) is 3.48. The molecule has 2 fully saturated rings. The minimum Gasteiger partial charge on any atom is -0.338 e. The summed E-state index contributed by atoms with van der Waals surface area (Å²) in [6, 6.07) is 9.76. The van der Waals surface area contributed by atoms with Gasteiger partial charge in [0.1, 0.15) is 6.17 Å². The Hall–Kier alpha value is -1.97. The van der Waals surface area contributed by atoms with Crippen molar-refractivity contribution >= 4 is 5.91 Å². The third kappa shape index (κ3) is 3.74. The fraction of sp³-hybridized carbons (Fsp3) is 0.556. The first-order chi connectivity index (χ1) is 11.6. The second-order valence-electron chi connectivity index (χ2n) is 6.74. The topological polar surface area (TPSA) is 59.4 Å². The van der Waals surface area contributed by atoms with Gasteiger partial charge in [0.05, 0.1) is 24.2 Å². The van der Waals surface area contributed by atoms with Gasteiger partial charge >= 0.3 is 0 Å². The van der Waals surface area contributed by atoms with E-state index in [2.05, 4.69) is 16.3 Å². The van der Waals surface area contributed by atoms with E-state index in [0.717, 1.165) is 25.1 Å². The summed E-state index contributed by atoms with van der Waals surface area (Å²) in [7, 11) is 2.05. The van der Waals surface area contributed by atoms with Crippen molar-refractivity contribution in [3.8, 4) is 6.07 Å². The molecule has 3 rings (SSSR count). The maximum Gasteiger partial charge on any atom is 0.239 e. The van der Waals surface area contributed by atoms with E-state index >= 15 is 0 Å². The maximum atomic E-state index is 13.3. The molecule has 0 bridgehead atoms. The lowest BCUT2D eigenvalue weighted by atomic mass is 10.1. The van der Waals surface area contributed by atoms with Gasteiger partial charge in [-0.1, -0.05) is 12.1 Å². The van der Waals surface area contributed by atoms with Gasteiger partial charge in [0.15, 0.2) is 0 Å². The van der Waals surface area contributed by atoms with Gasteiger partial charge in [-0.25, -0.2) is 4.39 Å². The fourth-order valence-corrected chi connectivity index (χ4v) is 3.48. The average molecular weight is 330 g/mol. The van der Waals surface area contributed by atoms with Crippen molar-refractivity contribution in [3.63, 3.8) is 0 Å². The first-order valence-corrected chi connectivity index (χ1v) is 8.42. The van der Waals surface area contributed by atoms with Crippen LogP contribution in [0.5, 0.6) is 0 Å². The molecule has 0 saturated carbocycles. The number of amides is 1. The van der Waals surface area contributed by atoms with Gasteiger partial charge in [0.2, 0.25) is 5.91 Å². The van der Waals surface area contributed by atoms with E-state index in [1.54, 1.807) is 4.90 Å². The van der Waals surface area contributed by atoms with Crippen molar-refractivity contribution in [2.75, 3.05) is 26.7 Å². The Bertz CT molecular complexity index is 627. The maximum absolute atomic E-state index is 13.3. The van der Waals surface area contributed by atoms with Gasteiger partial charge < -0.3 is 10.2 Å². The molecule has 1 amide bonds. The molecule has 0 aliphatic carbocycles. The molecule has 1 aromatic carbocycles. The summed E-state index contributed by atoms with van der Waals surface area (Å²) in [5, 5.41) is 12.1. The second kappa shape index (κ2) is 7.29. The third-order valence-corrected chi connectivity index (χ3v) is 4.99. The first-order valence-electron chi connectivity index (χ1n) is 8.42. The molecule has 2 saturated heterocycles. The van der Waals surface area contributed by atoms with E-state index in [1.165, 1.54) is 0 Å². The van der Waals surface area contributed by atoms with Crippen molar-refractivity contribution in [1.29, 1.82) is 5.26 Å². The summed E-state index contributed by atoms with van der Waals surface area (Å²) in [6.07, 6.45) is 0.338. The highest BCUT2D eigenvalue weighted by Crippen LogP contribution is 2.20. The lowest BCUT2D eigenvalue weighted by Crippen LogP contribution is -2.42. The summed E-state index contributed by atoms with van der Waals surface area (Å²) >= 11 is 0. The zero-order valence-electron chi connectivity index (χ0n) is 13.9. The average Bonchev–Trinajstić information content (AvgIpc) is 3.24. The van der Waals surface area contributed by atoms with Crippen LogP contribution in [0.2, 0.25) is 0 Å². The minimum absolute atomic E-state index is 0.0319. The third-order valence-electron chi connectivity index (χ3n) is 4.99. The van der Waals surface area contributed by atoms with Crippen molar-refractivity contribution < 1.29 is 9.18 Å². The van der Waals surface area contributed by atoms with Crippen LogP contribution >= 0.6 is 0 Å². The molecule has 1 N–H and O–H groups in total. The number of likely N-dealkylation sites (N-methyl/N-ethyl adjacent to an activating group) is 1. The number of nitriles is 1. The van der Waals surface area contributed by atoms with Gasteiger partial charge in [0, 0.05) is 25.7 Å². The van der Waals surface area contributed by atoms with Crippen LogP contribution in [-0.2, 0) is 11.3 Å². The van der Waals surface area contributed by atoms with E-state index < -0.39 is 6.17 Å². The number of halogens is 1. The Labute approximate surface area is 142 Å². The van der Waals surface area contributed by atoms with E-state index in [1.807, 2.05) is 31.3 Å². The van der Waals surface area contributed by atoms with Crippen LogP contribution in [0, 0.1) is 11.3 Å². The molecule has 0 radical (unpaired) electrons. The number of hydrogen-bond donors (Lipinski definition) is 1. The molecule has 1 aromatic rings. The Morgan fingerprint density at radius 3 is 2.83 bits per heavy atom. The molecular formula is C18H23FN4O. The zero-order chi connectivity index (χ0) is 17.1. The van der Waals surface area contributed by atoms with Crippen molar-refractivity contribution in [1.82, 2.24) is 15.1 Å². The zero-order valence-corrected chi connectivity index (χ0v) is 13.9. The van der Waals surface area contributed by atoms with Crippen LogP contribution in [0.25, 0.3) is 0 Å². The lowest BCUT2D eigenvalue weighted by molar-refractivity contribution is -0.132. The number of alkyl halides is 1. The lowest BCUT2D eigenvalue weighted by Gasteiger charge is -2.24. The van der Waals surface area contributed by atoms with Crippen LogP contribution in [-0.4, -0.2) is 60.6 Å². The number of hydrogen-bond acceptors (Lipinski definition) is 4. The molecule has 5 nitrogen and oxygen atoms in total. The monoisotopic (exact) mass is 330 g/mol. The minimum atomic E-state index is -0.870. The number of benzene rings is 1. The number of nitrogens with zero attached hydrogens (tertiary/aromatic N) is 3. The van der Waals surface area contributed by atoms with Crippen LogP contribution in [0.4, 0.5) is 4.39 Å². The largest absolute Gasteiger partial charge is 0.338 e. The molecule has 2 aliphatic rings. The molecule has 2 heterocycles. The second-order valence-corrected chi connectivity index (χ2v) is 6.74. The molecule has 24 heavy (non-hydrogen) atoms. The molecule has 2 aliphatic heterocycles. The summed E-state index contributed by atoms with van der Waals surface area (Å²) in [6.45, 7) is 2.30. The molecule has 3 atom stereocenters. The van der Waals surface area contributed by atoms with Gasteiger partial charge in [-0.2, -0.15) is 5.26 Å². The van der Waals surface area contributed by atoms with Crippen molar-refractivity contribution in [2.45, 2.75) is 37.6 Å². The molecule has 0 spiro atoms. The molecule has 1 unspecified atom stereocenters. The van der Waals surface area contributed by atoms with Gasteiger partial charge in [-0.15, -0.1) is 0 Å². The van der Waals surface area contributed by atoms with Crippen LogP contribution in [0.1, 0.15) is 24.0 Å². The highest BCUT2D eigenvalue weighted by molar-refractivity contribution is 5.82. The summed E-state index contributed by atoms with van der Waals surface area (Å²) in [5.74, 6) is 0.0319. The van der Waals surface area contributed by atoms with Crippen molar-refractivity contribution in [2.24, 2.45) is 0 Å². The van der Waals surface area contributed by atoms with Crippen LogP contribution in [0.15, 0.2) is 24.3 Å². The number of carbonyl (C=O) groups excluding carboxylic acids is 1. The highest BCUT2D eigenvalue weighted by Gasteiger charge is 2.36. The van der Waals surface area contributed by atoms with E-state index in [-0.39, 0.29) is 24.5 Å². The smallest absolute Gasteiger partial charge is 0.239 e. The van der Waals surface area contributed by atoms with E-state index in [4.69, 9.17) is 5.26 Å². The SMILES string of the molecule is CN(Cc1ccc(C#N)cc1)[C@@H]1CN[C@H](C(=O)N2CCC(F)C2)C1. The first kappa shape index (κ1) is 16.9. The number of likely N-dealkylation sites (tertiary alicyclic amines) is 1. The molecule has 6 heteroatoms. The number of carbonyl (C=O) groups is 1. The van der Waals surface area contributed by atoms with Gasteiger partial charge in [-0.3, -0.25) is 9.69 Å². The Kier molecular flexibility index (Phi) is 5.12. The van der Waals surface area contributed by atoms with E-state index in [0.29, 0.717) is 18.5 Å². The normalized spacial score (nSPS) is 26.8. The van der Waals surface area contributed by atoms with Gasteiger partial charge in [0.25, 0.3) is 0 Å². The number of rotatable bonds is 4. The number of nitrogens with one attached hydrogen (secondary N) is 1. The van der Waals surface area contributed by atoms with E-state index in [9.17, 15) is 9.18 Å². The Morgan fingerprint density at radius 2 is 2.21 bits per heavy atom. The quantitative estimate of drug-likeness (QED) is 0.904. The molecule has 0 aromatic heterocycles. The Morgan fingerprint density at radius 1 is 1.46 bits per heavy atom. The predicted octanol–water partition coefficient (Wildman–Crippen LogP) is 1.29. The summed E-state index contributed by atoms with van der Waals surface area (Å²) in [5.41, 5.74) is 1.80. The summed E-state index contributed by atoms with van der Waals surface area (Å²) in [4.78, 5) is 16.3. The van der Waals surface area contributed by atoms with Crippen molar-refractivity contribution in [3.05, 3.63) is 35.4 Å². The summed E-state index contributed by atoms with van der Waals surface area (Å²) < 4.78 is 13.3. The van der Waals surface area contributed by atoms with Crippen LogP contribution in [0.3, 0.4) is 0 Å². The molecule has 128 valence electrons. The standard InChI is InChI=1S/C18H23FN4O/c1-22(11-14-4-2-13(9-20)3-5-14)16-8-17(21-10-16)18(24)23-7-6-15(19)12-23/h2-5,15-17,21H,6-8,10-12H2,1H3/t15?,16-,17-/m0/s1. The van der Waals surface area contributed by atoms with Crippen LogP contribution < -0.4 is 5.32 Å². The highest BCUT2D eigenvalue weighted by atomic mass is 19.1. The predicted molar refractivity (Wildman–Crippen MR) is 88.9 cm³/mol. The Balaban J connectivity index is 1.52. The van der Waals surface area contributed by atoms with Gasteiger partial charge in [-0.05, 0) is 37.6 Å².